The van der Waals surface area contributed by atoms with Gasteiger partial charge in [0.25, 0.3) is 5.91 Å². The van der Waals surface area contributed by atoms with Crippen molar-refractivity contribution in [2.24, 2.45) is 7.05 Å². The Morgan fingerprint density at radius 1 is 1.09 bits per heavy atom. The largest absolute Gasteiger partial charge is 0.449 e. The van der Waals surface area contributed by atoms with E-state index in [1.165, 1.54) is 0 Å². The Kier molecular flexibility index (Phi) is 3.42. The van der Waals surface area contributed by atoms with E-state index in [-0.39, 0.29) is 5.91 Å². The molecule has 1 saturated heterocycles. The molecule has 5 nitrogen and oxygen atoms in total. The SMILES string of the molecule is Cn1c(-c2ccc(C(=O)N3CCOCC3)o2)cc2ccccc21. The van der Waals surface area contributed by atoms with E-state index in [9.17, 15) is 4.79 Å². The minimum atomic E-state index is -0.0710. The number of hydrogen-bond donors (Lipinski definition) is 0. The minimum Gasteiger partial charge on any atom is -0.449 e. The molecule has 1 aliphatic rings. The third-order valence-corrected chi connectivity index (χ3v) is 4.32. The Balaban J connectivity index is 1.66. The first-order valence-electron chi connectivity index (χ1n) is 7.76. The predicted octanol–water partition coefficient (Wildman–Crippen LogP) is 2.91. The number of para-hydroxylation sites is 1. The molecule has 0 N–H and O–H groups in total. The number of ether oxygens (including phenoxy) is 1. The monoisotopic (exact) mass is 310 g/mol. The van der Waals surface area contributed by atoms with Crippen molar-refractivity contribution in [2.45, 2.75) is 0 Å². The van der Waals surface area contributed by atoms with Gasteiger partial charge in [-0.1, -0.05) is 18.2 Å². The molecule has 0 bridgehead atoms. The number of benzene rings is 1. The highest BCUT2D eigenvalue weighted by molar-refractivity contribution is 5.92. The standard InChI is InChI=1S/C18H18N2O3/c1-19-14-5-3-2-4-13(14)12-15(19)16-6-7-17(23-16)18(21)20-8-10-22-11-9-20/h2-7,12H,8-11H2,1H3. The summed E-state index contributed by atoms with van der Waals surface area (Å²) >= 11 is 0. The molecule has 1 aromatic carbocycles. The van der Waals surface area contributed by atoms with Crippen LogP contribution in [0.25, 0.3) is 22.4 Å². The topological polar surface area (TPSA) is 47.6 Å². The van der Waals surface area contributed by atoms with Gasteiger partial charge in [0.15, 0.2) is 11.5 Å². The van der Waals surface area contributed by atoms with Crippen molar-refractivity contribution in [1.29, 1.82) is 0 Å². The molecule has 118 valence electrons. The number of hydrogen-bond acceptors (Lipinski definition) is 3. The van der Waals surface area contributed by atoms with Gasteiger partial charge in [-0.05, 0) is 24.3 Å². The first-order valence-corrected chi connectivity index (χ1v) is 7.76. The summed E-state index contributed by atoms with van der Waals surface area (Å²) in [5, 5.41) is 1.16. The van der Waals surface area contributed by atoms with Gasteiger partial charge in [0.05, 0.1) is 18.9 Å². The average molecular weight is 310 g/mol. The highest BCUT2D eigenvalue weighted by atomic mass is 16.5. The van der Waals surface area contributed by atoms with E-state index in [1.54, 1.807) is 11.0 Å². The lowest BCUT2D eigenvalue weighted by Crippen LogP contribution is -2.40. The van der Waals surface area contributed by atoms with E-state index in [1.807, 2.05) is 25.2 Å². The van der Waals surface area contributed by atoms with Crippen molar-refractivity contribution in [3.63, 3.8) is 0 Å². The average Bonchev–Trinajstić information content (AvgIpc) is 3.20. The minimum absolute atomic E-state index is 0.0710. The lowest BCUT2D eigenvalue weighted by molar-refractivity contribution is 0.0283. The number of rotatable bonds is 2. The van der Waals surface area contributed by atoms with Gasteiger partial charge in [0, 0.05) is 31.0 Å². The normalized spacial score (nSPS) is 15.3. The molecular weight excluding hydrogens is 292 g/mol. The molecule has 0 atom stereocenters. The first kappa shape index (κ1) is 14.1. The molecule has 0 aliphatic carbocycles. The Hall–Kier alpha value is -2.53. The number of nitrogens with zero attached hydrogens (tertiary/aromatic N) is 2. The molecule has 0 unspecified atom stereocenters. The van der Waals surface area contributed by atoms with Crippen molar-refractivity contribution >= 4 is 16.8 Å². The quantitative estimate of drug-likeness (QED) is 0.731. The van der Waals surface area contributed by atoms with Crippen LogP contribution in [0.4, 0.5) is 0 Å². The highest BCUT2D eigenvalue weighted by Gasteiger charge is 2.22. The lowest BCUT2D eigenvalue weighted by atomic mass is 10.2. The number of aryl methyl sites for hydroxylation is 1. The van der Waals surface area contributed by atoms with Gasteiger partial charge in [-0.3, -0.25) is 4.79 Å². The zero-order valence-corrected chi connectivity index (χ0v) is 13.0. The number of morpholine rings is 1. The van der Waals surface area contributed by atoms with Crippen molar-refractivity contribution in [3.8, 4) is 11.5 Å². The Labute approximate surface area is 134 Å². The number of carbonyl (C=O) groups is 1. The number of fused-ring (bicyclic) bond motifs is 1. The Bertz CT molecular complexity index is 856. The molecule has 3 heterocycles. The zero-order valence-electron chi connectivity index (χ0n) is 13.0. The van der Waals surface area contributed by atoms with Crippen LogP contribution in [0.15, 0.2) is 46.9 Å². The molecule has 1 fully saturated rings. The van der Waals surface area contributed by atoms with E-state index in [0.717, 1.165) is 16.6 Å². The van der Waals surface area contributed by atoms with Crippen molar-refractivity contribution in [3.05, 3.63) is 48.2 Å². The Morgan fingerprint density at radius 3 is 2.65 bits per heavy atom. The van der Waals surface area contributed by atoms with Crippen LogP contribution in [-0.4, -0.2) is 41.7 Å². The third-order valence-electron chi connectivity index (χ3n) is 4.32. The van der Waals surface area contributed by atoms with Crippen LogP contribution in [0.5, 0.6) is 0 Å². The summed E-state index contributed by atoms with van der Waals surface area (Å²) < 4.78 is 13.2. The molecule has 0 saturated carbocycles. The van der Waals surface area contributed by atoms with Gasteiger partial charge in [-0.15, -0.1) is 0 Å². The summed E-state index contributed by atoms with van der Waals surface area (Å²) in [5.41, 5.74) is 2.10. The maximum atomic E-state index is 12.5. The second kappa shape index (κ2) is 5.59. The second-order valence-corrected chi connectivity index (χ2v) is 5.72. The van der Waals surface area contributed by atoms with Crippen LogP contribution in [0.1, 0.15) is 10.6 Å². The number of amides is 1. The van der Waals surface area contributed by atoms with Crippen LogP contribution in [0.3, 0.4) is 0 Å². The summed E-state index contributed by atoms with van der Waals surface area (Å²) in [6.07, 6.45) is 0. The zero-order chi connectivity index (χ0) is 15.8. The van der Waals surface area contributed by atoms with Gasteiger partial charge in [0.2, 0.25) is 0 Å². The fourth-order valence-corrected chi connectivity index (χ4v) is 3.04. The van der Waals surface area contributed by atoms with Crippen molar-refractivity contribution in [1.82, 2.24) is 9.47 Å². The summed E-state index contributed by atoms with van der Waals surface area (Å²) in [6.45, 7) is 2.40. The van der Waals surface area contributed by atoms with Gasteiger partial charge >= 0.3 is 0 Å². The molecule has 5 heteroatoms. The molecule has 2 aromatic heterocycles. The number of aromatic nitrogens is 1. The van der Waals surface area contributed by atoms with Crippen LogP contribution in [0.2, 0.25) is 0 Å². The maximum absolute atomic E-state index is 12.5. The molecule has 0 radical (unpaired) electrons. The van der Waals surface area contributed by atoms with Gasteiger partial charge in [0.1, 0.15) is 0 Å². The fraction of sp³-hybridized carbons (Fsp3) is 0.278. The summed E-state index contributed by atoms with van der Waals surface area (Å²) in [4.78, 5) is 14.2. The van der Waals surface area contributed by atoms with Gasteiger partial charge in [-0.25, -0.2) is 0 Å². The van der Waals surface area contributed by atoms with Crippen LogP contribution in [0, 0.1) is 0 Å². The van der Waals surface area contributed by atoms with E-state index >= 15 is 0 Å². The molecule has 1 aliphatic heterocycles. The number of furan rings is 1. The van der Waals surface area contributed by atoms with E-state index < -0.39 is 0 Å². The summed E-state index contributed by atoms with van der Waals surface area (Å²) in [7, 11) is 2.00. The van der Waals surface area contributed by atoms with Crippen molar-refractivity contribution in [2.75, 3.05) is 26.3 Å². The lowest BCUT2D eigenvalue weighted by Gasteiger charge is -2.25. The van der Waals surface area contributed by atoms with E-state index in [4.69, 9.17) is 9.15 Å². The number of carbonyl (C=O) groups excluding carboxylic acids is 1. The predicted molar refractivity (Wildman–Crippen MR) is 87.3 cm³/mol. The van der Waals surface area contributed by atoms with Crippen molar-refractivity contribution < 1.29 is 13.9 Å². The second-order valence-electron chi connectivity index (χ2n) is 5.72. The Morgan fingerprint density at radius 2 is 1.87 bits per heavy atom. The summed E-state index contributed by atoms with van der Waals surface area (Å²) in [6, 6.07) is 13.9. The smallest absolute Gasteiger partial charge is 0.289 e. The molecular formula is C18H18N2O3. The third kappa shape index (κ3) is 2.43. The highest BCUT2D eigenvalue weighted by Crippen LogP contribution is 2.28. The van der Waals surface area contributed by atoms with Crippen LogP contribution >= 0.6 is 0 Å². The van der Waals surface area contributed by atoms with Crippen LogP contribution < -0.4 is 0 Å². The molecule has 0 spiro atoms. The molecule has 4 rings (SSSR count). The molecule has 1 amide bonds. The fourth-order valence-electron chi connectivity index (χ4n) is 3.04. The summed E-state index contributed by atoms with van der Waals surface area (Å²) in [5.74, 6) is 1.02. The van der Waals surface area contributed by atoms with E-state index in [2.05, 4.69) is 22.8 Å². The molecule has 3 aromatic rings. The van der Waals surface area contributed by atoms with Gasteiger partial charge in [-0.2, -0.15) is 0 Å². The van der Waals surface area contributed by atoms with E-state index in [0.29, 0.717) is 37.8 Å². The van der Waals surface area contributed by atoms with Crippen LogP contribution in [-0.2, 0) is 11.8 Å². The maximum Gasteiger partial charge on any atom is 0.289 e. The molecule has 23 heavy (non-hydrogen) atoms. The first-order chi connectivity index (χ1) is 11.2. The van der Waals surface area contributed by atoms with Gasteiger partial charge < -0.3 is 18.6 Å².